The van der Waals surface area contributed by atoms with E-state index in [-0.39, 0.29) is 11.5 Å². The van der Waals surface area contributed by atoms with Gasteiger partial charge in [-0.1, -0.05) is 54.2 Å². The Morgan fingerprint density at radius 1 is 1.06 bits per heavy atom. The van der Waals surface area contributed by atoms with Gasteiger partial charge >= 0.3 is 0 Å². The zero-order valence-electron chi connectivity index (χ0n) is 17.6. The number of methoxy groups -OCH3 is 1. The molecule has 0 aliphatic heterocycles. The van der Waals surface area contributed by atoms with Crippen LogP contribution in [0.3, 0.4) is 0 Å². The lowest BCUT2D eigenvalue weighted by atomic mass is 10.2. The number of aromatic nitrogens is 5. The predicted octanol–water partition coefficient (Wildman–Crippen LogP) is 4.11. The van der Waals surface area contributed by atoms with Gasteiger partial charge in [0.05, 0.1) is 12.9 Å². The van der Waals surface area contributed by atoms with Gasteiger partial charge in [-0.05, 0) is 48.0 Å². The maximum atomic E-state index is 13.0. The minimum atomic E-state index is 0.0481. The van der Waals surface area contributed by atoms with Gasteiger partial charge in [0.15, 0.2) is 5.78 Å². The summed E-state index contributed by atoms with van der Waals surface area (Å²) in [7, 11) is 1.60. The third-order valence-electron chi connectivity index (χ3n) is 5.14. The first-order valence-corrected chi connectivity index (χ1v) is 10.9. The minimum Gasteiger partial charge on any atom is -0.494 e. The molecule has 4 aromatic rings. The fourth-order valence-corrected chi connectivity index (χ4v) is 4.29. The largest absolute Gasteiger partial charge is 0.494 e. The van der Waals surface area contributed by atoms with Crippen molar-refractivity contribution in [1.82, 2.24) is 24.8 Å². The van der Waals surface area contributed by atoms with Crippen molar-refractivity contribution in [3.63, 3.8) is 0 Å². The van der Waals surface area contributed by atoms with E-state index < -0.39 is 0 Å². The van der Waals surface area contributed by atoms with Crippen LogP contribution in [-0.2, 0) is 6.54 Å². The number of ether oxygens (including phenoxy) is 1. The van der Waals surface area contributed by atoms with Crippen LogP contribution in [0.1, 0.15) is 27.3 Å². The molecular formula is C23H23N5O2S. The zero-order valence-corrected chi connectivity index (χ0v) is 18.5. The average Bonchev–Trinajstić information content (AvgIpc) is 3.38. The number of aryl methyl sites for hydroxylation is 1. The van der Waals surface area contributed by atoms with Gasteiger partial charge in [-0.2, -0.15) is 4.68 Å². The molecule has 0 aliphatic rings. The lowest BCUT2D eigenvalue weighted by molar-refractivity contribution is 0.102. The van der Waals surface area contributed by atoms with E-state index in [1.807, 2.05) is 62.4 Å². The van der Waals surface area contributed by atoms with Crippen molar-refractivity contribution in [2.45, 2.75) is 25.5 Å². The molecule has 0 spiro atoms. The minimum absolute atomic E-state index is 0.0481. The summed E-state index contributed by atoms with van der Waals surface area (Å²) in [6, 6.07) is 19.7. The molecule has 0 saturated heterocycles. The van der Waals surface area contributed by atoms with Crippen LogP contribution in [0.5, 0.6) is 5.75 Å². The number of ketones is 1. The number of benzene rings is 2. The van der Waals surface area contributed by atoms with E-state index >= 15 is 0 Å². The van der Waals surface area contributed by atoms with Crippen molar-refractivity contribution in [2.24, 2.45) is 0 Å². The molecular weight excluding hydrogens is 410 g/mol. The van der Waals surface area contributed by atoms with Gasteiger partial charge in [-0.3, -0.25) is 4.79 Å². The van der Waals surface area contributed by atoms with Crippen molar-refractivity contribution >= 4 is 17.5 Å². The lowest BCUT2D eigenvalue weighted by Crippen LogP contribution is -2.08. The molecule has 31 heavy (non-hydrogen) atoms. The SMILES string of the molecule is COc1ccccc1-n1nnnc1SCC(=O)c1cc(C)n(Cc2ccccc2)c1C. The molecule has 158 valence electrons. The number of carbonyl (C=O) groups is 1. The normalized spacial score (nSPS) is 10.9. The molecule has 0 saturated carbocycles. The first-order chi connectivity index (χ1) is 15.1. The molecule has 0 bridgehead atoms. The Morgan fingerprint density at radius 3 is 2.58 bits per heavy atom. The van der Waals surface area contributed by atoms with Gasteiger partial charge in [0.1, 0.15) is 11.4 Å². The molecule has 0 unspecified atom stereocenters. The average molecular weight is 434 g/mol. The van der Waals surface area contributed by atoms with Crippen LogP contribution >= 0.6 is 11.8 Å². The second-order valence-electron chi connectivity index (χ2n) is 7.11. The van der Waals surface area contributed by atoms with Gasteiger partial charge in [0.25, 0.3) is 0 Å². The smallest absolute Gasteiger partial charge is 0.214 e. The maximum Gasteiger partial charge on any atom is 0.214 e. The number of thioether (sulfide) groups is 1. The molecule has 0 atom stereocenters. The molecule has 0 aliphatic carbocycles. The van der Waals surface area contributed by atoms with Gasteiger partial charge < -0.3 is 9.30 Å². The third kappa shape index (κ3) is 4.39. The summed E-state index contributed by atoms with van der Waals surface area (Å²) in [5.41, 5.74) is 4.70. The highest BCUT2D eigenvalue weighted by Crippen LogP contribution is 2.26. The number of rotatable bonds is 8. The van der Waals surface area contributed by atoms with E-state index in [0.717, 1.165) is 29.2 Å². The van der Waals surface area contributed by atoms with Crippen LogP contribution in [0, 0.1) is 13.8 Å². The summed E-state index contributed by atoms with van der Waals surface area (Å²) in [5.74, 6) is 0.949. The second kappa shape index (κ2) is 9.18. The van der Waals surface area contributed by atoms with E-state index in [2.05, 4.69) is 32.2 Å². The van der Waals surface area contributed by atoms with E-state index in [1.54, 1.807) is 11.8 Å². The Balaban J connectivity index is 1.51. The molecule has 8 heteroatoms. The van der Waals surface area contributed by atoms with E-state index in [9.17, 15) is 4.79 Å². The van der Waals surface area contributed by atoms with Crippen LogP contribution in [0.4, 0.5) is 0 Å². The number of Topliss-reactive ketones (excluding diaryl/α,β-unsaturated/α-hetero) is 1. The lowest BCUT2D eigenvalue weighted by Gasteiger charge is -2.10. The second-order valence-corrected chi connectivity index (χ2v) is 8.06. The highest BCUT2D eigenvalue weighted by molar-refractivity contribution is 7.99. The summed E-state index contributed by atoms with van der Waals surface area (Å²) < 4.78 is 9.17. The molecule has 2 heterocycles. The third-order valence-corrected chi connectivity index (χ3v) is 6.06. The Kier molecular flexibility index (Phi) is 6.18. The van der Waals surface area contributed by atoms with Crippen molar-refractivity contribution < 1.29 is 9.53 Å². The predicted molar refractivity (Wildman–Crippen MR) is 120 cm³/mol. The summed E-state index contributed by atoms with van der Waals surface area (Å²) in [4.78, 5) is 13.0. The van der Waals surface area contributed by atoms with Crippen LogP contribution in [-0.4, -0.2) is 43.4 Å². The molecule has 0 N–H and O–H groups in total. The first-order valence-electron chi connectivity index (χ1n) is 9.87. The first kappa shape index (κ1) is 20.9. The summed E-state index contributed by atoms with van der Waals surface area (Å²) in [5, 5.41) is 12.5. The number of hydrogen-bond acceptors (Lipinski definition) is 6. The highest BCUT2D eigenvalue weighted by Gasteiger charge is 2.19. The van der Waals surface area contributed by atoms with Gasteiger partial charge in [-0.25, -0.2) is 0 Å². The summed E-state index contributed by atoms with van der Waals surface area (Å²) >= 11 is 1.31. The fourth-order valence-electron chi connectivity index (χ4n) is 3.53. The van der Waals surface area contributed by atoms with Gasteiger partial charge in [0.2, 0.25) is 5.16 Å². The van der Waals surface area contributed by atoms with Gasteiger partial charge in [0, 0.05) is 23.5 Å². The Hall–Kier alpha value is -3.39. The molecule has 2 aromatic heterocycles. The number of hydrogen-bond donors (Lipinski definition) is 0. The van der Waals surface area contributed by atoms with Crippen LogP contribution in [0.15, 0.2) is 65.8 Å². The van der Waals surface area contributed by atoms with Crippen molar-refractivity contribution in [3.05, 3.63) is 83.2 Å². The highest BCUT2D eigenvalue weighted by atomic mass is 32.2. The molecule has 4 rings (SSSR count). The molecule has 0 amide bonds. The Labute approximate surface area is 185 Å². The van der Waals surface area contributed by atoms with E-state index in [1.165, 1.54) is 17.3 Å². The van der Waals surface area contributed by atoms with Crippen molar-refractivity contribution in [2.75, 3.05) is 12.9 Å². The quantitative estimate of drug-likeness (QED) is 0.307. The maximum absolute atomic E-state index is 13.0. The number of carbonyl (C=O) groups excluding carboxylic acids is 1. The number of nitrogens with zero attached hydrogens (tertiary/aromatic N) is 5. The number of para-hydroxylation sites is 2. The molecule has 7 nitrogen and oxygen atoms in total. The topological polar surface area (TPSA) is 74.8 Å². The van der Waals surface area contributed by atoms with Crippen LogP contribution in [0.2, 0.25) is 0 Å². The molecule has 0 radical (unpaired) electrons. The van der Waals surface area contributed by atoms with E-state index in [4.69, 9.17) is 4.74 Å². The van der Waals surface area contributed by atoms with Crippen LogP contribution in [0.25, 0.3) is 5.69 Å². The van der Waals surface area contributed by atoms with Crippen LogP contribution < -0.4 is 4.74 Å². The van der Waals surface area contributed by atoms with Crippen molar-refractivity contribution in [1.29, 1.82) is 0 Å². The van der Waals surface area contributed by atoms with Gasteiger partial charge in [-0.15, -0.1) is 5.10 Å². The standard InChI is InChI=1S/C23H23N5O2S/c1-16-13-19(17(2)27(16)14-18-9-5-4-6-10-18)21(29)15-31-23-24-25-26-28(23)20-11-7-8-12-22(20)30-3/h4-13H,14-15H2,1-3H3. The summed E-state index contributed by atoms with van der Waals surface area (Å²) in [6.07, 6.45) is 0. The number of tetrazole rings is 1. The molecule has 2 aromatic carbocycles. The summed E-state index contributed by atoms with van der Waals surface area (Å²) in [6.45, 7) is 4.76. The molecule has 0 fully saturated rings. The van der Waals surface area contributed by atoms with Crippen molar-refractivity contribution in [3.8, 4) is 11.4 Å². The monoisotopic (exact) mass is 433 g/mol. The zero-order chi connectivity index (χ0) is 21.8. The Morgan fingerprint density at radius 2 is 1.81 bits per heavy atom. The fraction of sp³-hybridized carbons (Fsp3) is 0.217. The van der Waals surface area contributed by atoms with E-state index in [0.29, 0.717) is 10.9 Å². The Bertz CT molecular complexity index is 1200.